The average Bonchev–Trinajstić information content (AvgIpc) is 2.19. The lowest BCUT2D eigenvalue weighted by atomic mass is 10.1. The Morgan fingerprint density at radius 3 is 2.93 bits per heavy atom. The Labute approximate surface area is 85.0 Å². The molecular weight excluding hydrogens is 176 g/mol. The monoisotopic (exact) mass is 194 g/mol. The highest BCUT2D eigenvalue weighted by molar-refractivity contribution is 5.25. The molecule has 0 spiro atoms. The maximum absolute atomic E-state index is 5.39. The van der Waals surface area contributed by atoms with Gasteiger partial charge in [0.2, 0.25) is 5.95 Å². The SMILES string of the molecule is CC(C)c1ccnc(NCCCN)n1. The van der Waals surface area contributed by atoms with E-state index in [-0.39, 0.29) is 0 Å². The summed E-state index contributed by atoms with van der Waals surface area (Å²) in [5, 5.41) is 3.14. The molecule has 0 aromatic carbocycles. The van der Waals surface area contributed by atoms with E-state index in [9.17, 15) is 0 Å². The van der Waals surface area contributed by atoms with Crippen LogP contribution in [0.4, 0.5) is 5.95 Å². The van der Waals surface area contributed by atoms with Crippen LogP contribution in [0.3, 0.4) is 0 Å². The second kappa shape index (κ2) is 5.54. The van der Waals surface area contributed by atoms with Gasteiger partial charge < -0.3 is 11.1 Å². The van der Waals surface area contributed by atoms with Gasteiger partial charge in [0.05, 0.1) is 0 Å². The van der Waals surface area contributed by atoms with Crippen molar-refractivity contribution in [2.75, 3.05) is 18.4 Å². The summed E-state index contributed by atoms with van der Waals surface area (Å²) in [6.45, 7) is 5.76. The third kappa shape index (κ3) is 3.30. The van der Waals surface area contributed by atoms with Crippen molar-refractivity contribution in [1.29, 1.82) is 0 Å². The molecule has 1 aromatic rings. The number of aromatic nitrogens is 2. The van der Waals surface area contributed by atoms with Crippen LogP contribution in [0.25, 0.3) is 0 Å². The van der Waals surface area contributed by atoms with Crippen molar-refractivity contribution < 1.29 is 0 Å². The van der Waals surface area contributed by atoms with Gasteiger partial charge in [0.15, 0.2) is 0 Å². The first-order valence-corrected chi connectivity index (χ1v) is 5.01. The van der Waals surface area contributed by atoms with Crippen molar-refractivity contribution in [3.63, 3.8) is 0 Å². The molecule has 1 rings (SSSR count). The summed E-state index contributed by atoms with van der Waals surface area (Å²) < 4.78 is 0. The molecule has 0 fully saturated rings. The fourth-order valence-electron chi connectivity index (χ4n) is 1.08. The van der Waals surface area contributed by atoms with Crippen molar-refractivity contribution in [1.82, 2.24) is 9.97 Å². The van der Waals surface area contributed by atoms with Gasteiger partial charge in [-0.3, -0.25) is 0 Å². The predicted octanol–water partition coefficient (Wildman–Crippen LogP) is 1.36. The van der Waals surface area contributed by atoms with E-state index in [1.807, 2.05) is 6.07 Å². The Balaban J connectivity index is 2.55. The summed E-state index contributed by atoms with van der Waals surface area (Å²) in [4.78, 5) is 8.51. The third-order valence-electron chi connectivity index (χ3n) is 1.93. The summed E-state index contributed by atoms with van der Waals surface area (Å²) >= 11 is 0. The normalized spacial score (nSPS) is 10.6. The van der Waals surface area contributed by atoms with Crippen LogP contribution < -0.4 is 11.1 Å². The van der Waals surface area contributed by atoms with Crippen molar-refractivity contribution in [2.24, 2.45) is 5.73 Å². The number of anilines is 1. The molecule has 0 amide bonds. The molecule has 0 aliphatic rings. The van der Waals surface area contributed by atoms with E-state index < -0.39 is 0 Å². The van der Waals surface area contributed by atoms with Crippen LogP contribution in [-0.2, 0) is 0 Å². The minimum absolute atomic E-state index is 0.438. The fraction of sp³-hybridized carbons (Fsp3) is 0.600. The van der Waals surface area contributed by atoms with Crippen LogP contribution in [-0.4, -0.2) is 23.1 Å². The third-order valence-corrected chi connectivity index (χ3v) is 1.93. The Kier molecular flexibility index (Phi) is 4.32. The zero-order chi connectivity index (χ0) is 10.4. The lowest BCUT2D eigenvalue weighted by molar-refractivity contribution is 0.807. The van der Waals surface area contributed by atoms with E-state index in [2.05, 4.69) is 29.1 Å². The summed E-state index contributed by atoms with van der Waals surface area (Å²) in [6.07, 6.45) is 2.72. The van der Waals surface area contributed by atoms with Gasteiger partial charge in [0.25, 0.3) is 0 Å². The quantitative estimate of drug-likeness (QED) is 0.695. The lowest BCUT2D eigenvalue weighted by Crippen LogP contribution is -2.11. The van der Waals surface area contributed by atoms with Crippen LogP contribution in [0, 0.1) is 0 Å². The molecule has 0 radical (unpaired) electrons. The summed E-state index contributed by atoms with van der Waals surface area (Å²) in [5.74, 6) is 1.14. The first kappa shape index (κ1) is 10.9. The van der Waals surface area contributed by atoms with Crippen LogP contribution in [0.15, 0.2) is 12.3 Å². The van der Waals surface area contributed by atoms with Crippen LogP contribution >= 0.6 is 0 Å². The van der Waals surface area contributed by atoms with E-state index in [1.165, 1.54) is 0 Å². The van der Waals surface area contributed by atoms with Crippen molar-refractivity contribution in [2.45, 2.75) is 26.2 Å². The highest BCUT2D eigenvalue weighted by Crippen LogP contribution is 2.11. The molecule has 4 heteroatoms. The first-order valence-electron chi connectivity index (χ1n) is 5.01. The highest BCUT2D eigenvalue weighted by atomic mass is 15.1. The summed E-state index contributed by atoms with van der Waals surface area (Å²) in [5.41, 5.74) is 6.46. The van der Waals surface area contributed by atoms with Crippen molar-refractivity contribution >= 4 is 5.95 Å². The molecule has 0 aliphatic heterocycles. The molecular formula is C10H18N4. The lowest BCUT2D eigenvalue weighted by Gasteiger charge is -2.07. The molecule has 3 N–H and O–H groups in total. The van der Waals surface area contributed by atoms with Gasteiger partial charge >= 0.3 is 0 Å². The maximum atomic E-state index is 5.39. The highest BCUT2D eigenvalue weighted by Gasteiger charge is 2.01. The largest absolute Gasteiger partial charge is 0.354 e. The second-order valence-corrected chi connectivity index (χ2v) is 3.53. The van der Waals surface area contributed by atoms with Crippen LogP contribution in [0.1, 0.15) is 31.9 Å². The molecule has 0 aliphatic carbocycles. The first-order chi connectivity index (χ1) is 6.74. The number of nitrogens with zero attached hydrogens (tertiary/aromatic N) is 2. The smallest absolute Gasteiger partial charge is 0.222 e. The van der Waals surface area contributed by atoms with Gasteiger partial charge in [-0.2, -0.15) is 0 Å². The Morgan fingerprint density at radius 1 is 1.50 bits per heavy atom. The van der Waals surface area contributed by atoms with Gasteiger partial charge in [0, 0.05) is 18.4 Å². The Hall–Kier alpha value is -1.16. The molecule has 0 bridgehead atoms. The molecule has 0 atom stereocenters. The number of rotatable bonds is 5. The van der Waals surface area contributed by atoms with E-state index in [1.54, 1.807) is 6.20 Å². The zero-order valence-electron chi connectivity index (χ0n) is 8.83. The molecule has 0 unspecified atom stereocenters. The van der Waals surface area contributed by atoms with E-state index in [0.717, 1.165) is 18.7 Å². The number of hydrogen-bond donors (Lipinski definition) is 2. The Morgan fingerprint density at radius 2 is 2.29 bits per heavy atom. The maximum Gasteiger partial charge on any atom is 0.222 e. The predicted molar refractivity (Wildman–Crippen MR) is 58.3 cm³/mol. The van der Waals surface area contributed by atoms with Crippen molar-refractivity contribution in [3.8, 4) is 0 Å². The van der Waals surface area contributed by atoms with E-state index >= 15 is 0 Å². The fourth-order valence-corrected chi connectivity index (χ4v) is 1.08. The van der Waals surface area contributed by atoms with Gasteiger partial charge in [-0.25, -0.2) is 9.97 Å². The van der Waals surface area contributed by atoms with Crippen LogP contribution in [0.2, 0.25) is 0 Å². The number of nitrogens with two attached hydrogens (primary N) is 1. The number of hydrogen-bond acceptors (Lipinski definition) is 4. The molecule has 78 valence electrons. The zero-order valence-corrected chi connectivity index (χ0v) is 8.83. The average molecular weight is 194 g/mol. The van der Waals surface area contributed by atoms with E-state index in [4.69, 9.17) is 5.73 Å². The van der Waals surface area contributed by atoms with Gasteiger partial charge in [-0.05, 0) is 24.9 Å². The van der Waals surface area contributed by atoms with Gasteiger partial charge in [-0.1, -0.05) is 13.8 Å². The molecule has 14 heavy (non-hydrogen) atoms. The van der Waals surface area contributed by atoms with Gasteiger partial charge in [-0.15, -0.1) is 0 Å². The minimum Gasteiger partial charge on any atom is -0.354 e. The van der Waals surface area contributed by atoms with E-state index in [0.29, 0.717) is 18.4 Å². The molecule has 0 saturated heterocycles. The van der Waals surface area contributed by atoms with Gasteiger partial charge in [0.1, 0.15) is 0 Å². The Bertz CT molecular complexity index is 273. The topological polar surface area (TPSA) is 63.8 Å². The molecule has 4 nitrogen and oxygen atoms in total. The minimum atomic E-state index is 0.438. The summed E-state index contributed by atoms with van der Waals surface area (Å²) in [6, 6.07) is 1.94. The molecule has 1 aromatic heterocycles. The number of nitrogens with one attached hydrogen (secondary N) is 1. The summed E-state index contributed by atoms with van der Waals surface area (Å²) in [7, 11) is 0. The molecule has 0 saturated carbocycles. The van der Waals surface area contributed by atoms with Crippen LogP contribution in [0.5, 0.6) is 0 Å². The van der Waals surface area contributed by atoms with Crippen molar-refractivity contribution in [3.05, 3.63) is 18.0 Å². The second-order valence-electron chi connectivity index (χ2n) is 3.53. The standard InChI is InChI=1S/C10H18N4/c1-8(2)9-4-7-13-10(14-9)12-6-3-5-11/h4,7-8H,3,5-6,11H2,1-2H3,(H,12,13,14). The molecule has 1 heterocycles.